The van der Waals surface area contributed by atoms with Gasteiger partial charge in [0.15, 0.2) is 0 Å². The molecule has 5 nitrogen and oxygen atoms in total. The Hall–Kier alpha value is -0.530. The highest BCUT2D eigenvalue weighted by Crippen LogP contribution is 2.36. The molecule has 0 aliphatic rings. The van der Waals surface area contributed by atoms with Gasteiger partial charge in [-0.25, -0.2) is 13.6 Å². The number of nitrogens with zero attached hydrogens (tertiary/aromatic N) is 1. The summed E-state index contributed by atoms with van der Waals surface area (Å²) in [6.45, 7) is 1.11. The summed E-state index contributed by atoms with van der Waals surface area (Å²) in [5, 5.41) is 4.92. The standard InChI is InChI=1S/C10H14Cl2N2O3S/c1-14(2)5-6-17-7-3-4-8(18(13,15)16)10(12)9(7)11/h3-4H,5-6H2,1-2H3,(H2,13,15,16). The van der Waals surface area contributed by atoms with Gasteiger partial charge in [-0.1, -0.05) is 23.2 Å². The zero-order valence-corrected chi connectivity index (χ0v) is 12.3. The Morgan fingerprint density at radius 2 is 1.89 bits per heavy atom. The summed E-state index contributed by atoms with van der Waals surface area (Å²) in [6, 6.07) is 2.71. The van der Waals surface area contributed by atoms with E-state index < -0.39 is 10.0 Å². The van der Waals surface area contributed by atoms with Gasteiger partial charge in [0.25, 0.3) is 0 Å². The third-order valence-electron chi connectivity index (χ3n) is 2.11. The number of sulfonamides is 1. The molecule has 8 heteroatoms. The quantitative estimate of drug-likeness (QED) is 0.896. The van der Waals surface area contributed by atoms with Gasteiger partial charge >= 0.3 is 0 Å². The topological polar surface area (TPSA) is 72.6 Å². The number of hydrogen-bond donors (Lipinski definition) is 1. The third kappa shape index (κ3) is 4.00. The van der Waals surface area contributed by atoms with E-state index in [0.29, 0.717) is 18.9 Å². The maximum Gasteiger partial charge on any atom is 0.239 e. The second-order valence-corrected chi connectivity index (χ2v) is 6.17. The van der Waals surface area contributed by atoms with Crippen LogP contribution < -0.4 is 9.88 Å². The van der Waals surface area contributed by atoms with E-state index >= 15 is 0 Å². The van der Waals surface area contributed by atoms with E-state index in [2.05, 4.69) is 0 Å². The van der Waals surface area contributed by atoms with Crippen molar-refractivity contribution in [3.05, 3.63) is 22.2 Å². The molecule has 18 heavy (non-hydrogen) atoms. The molecule has 1 aromatic carbocycles. The maximum absolute atomic E-state index is 11.2. The molecule has 0 radical (unpaired) electrons. The molecule has 102 valence electrons. The van der Waals surface area contributed by atoms with Crippen molar-refractivity contribution in [3.63, 3.8) is 0 Å². The first kappa shape index (κ1) is 15.5. The fourth-order valence-corrected chi connectivity index (χ4v) is 2.55. The minimum atomic E-state index is -3.89. The minimum Gasteiger partial charge on any atom is -0.491 e. The van der Waals surface area contributed by atoms with Gasteiger partial charge in [-0.15, -0.1) is 0 Å². The van der Waals surface area contributed by atoms with E-state index in [1.807, 2.05) is 19.0 Å². The number of nitrogens with two attached hydrogens (primary N) is 1. The van der Waals surface area contributed by atoms with Crippen LogP contribution in [0.5, 0.6) is 5.75 Å². The Morgan fingerprint density at radius 1 is 1.28 bits per heavy atom. The Labute approximate surface area is 116 Å². The van der Waals surface area contributed by atoms with Crippen molar-refractivity contribution < 1.29 is 13.2 Å². The van der Waals surface area contributed by atoms with Gasteiger partial charge in [-0.3, -0.25) is 0 Å². The molecular formula is C10H14Cl2N2O3S. The van der Waals surface area contributed by atoms with Crippen LogP contribution in [-0.4, -0.2) is 40.6 Å². The van der Waals surface area contributed by atoms with Crippen molar-refractivity contribution in [2.75, 3.05) is 27.2 Å². The Bertz CT molecular complexity index is 532. The molecule has 0 aliphatic heterocycles. The Balaban J connectivity index is 2.95. The monoisotopic (exact) mass is 312 g/mol. The number of rotatable bonds is 5. The lowest BCUT2D eigenvalue weighted by Crippen LogP contribution is -2.19. The molecule has 0 saturated heterocycles. The van der Waals surface area contributed by atoms with Crippen LogP contribution in [0, 0.1) is 0 Å². The molecule has 0 spiro atoms. The first-order chi connectivity index (χ1) is 8.23. The van der Waals surface area contributed by atoms with Crippen molar-refractivity contribution in [2.24, 2.45) is 5.14 Å². The van der Waals surface area contributed by atoms with Crippen molar-refractivity contribution in [1.29, 1.82) is 0 Å². The van der Waals surface area contributed by atoms with Gasteiger partial charge in [0.2, 0.25) is 10.0 Å². The van der Waals surface area contributed by atoms with Crippen molar-refractivity contribution in [1.82, 2.24) is 4.90 Å². The molecule has 0 aromatic heterocycles. The molecule has 0 amide bonds. The van der Waals surface area contributed by atoms with Gasteiger partial charge in [0.05, 0.1) is 5.02 Å². The van der Waals surface area contributed by atoms with Gasteiger partial charge in [0.1, 0.15) is 22.3 Å². The van der Waals surface area contributed by atoms with Crippen LogP contribution >= 0.6 is 23.2 Å². The highest BCUT2D eigenvalue weighted by atomic mass is 35.5. The lowest BCUT2D eigenvalue weighted by Gasteiger charge is -2.13. The maximum atomic E-state index is 11.2. The van der Waals surface area contributed by atoms with Crippen LogP contribution in [0.15, 0.2) is 17.0 Å². The molecule has 1 aromatic rings. The van der Waals surface area contributed by atoms with Crippen molar-refractivity contribution in [3.8, 4) is 5.75 Å². The van der Waals surface area contributed by atoms with Gasteiger partial charge < -0.3 is 9.64 Å². The van der Waals surface area contributed by atoms with E-state index in [-0.39, 0.29) is 14.9 Å². The SMILES string of the molecule is CN(C)CCOc1ccc(S(N)(=O)=O)c(Cl)c1Cl. The molecule has 0 heterocycles. The average molecular weight is 313 g/mol. The Kier molecular flexibility index (Phi) is 5.24. The first-order valence-corrected chi connectivity index (χ1v) is 7.32. The molecule has 0 atom stereocenters. The van der Waals surface area contributed by atoms with E-state index in [4.69, 9.17) is 33.1 Å². The molecule has 0 saturated carbocycles. The lowest BCUT2D eigenvalue weighted by atomic mass is 10.3. The van der Waals surface area contributed by atoms with Crippen LogP contribution in [0.4, 0.5) is 0 Å². The number of ether oxygens (including phenoxy) is 1. The van der Waals surface area contributed by atoms with E-state index in [0.717, 1.165) is 0 Å². The number of primary sulfonamides is 1. The molecule has 1 rings (SSSR count). The number of hydrogen-bond acceptors (Lipinski definition) is 4. The van der Waals surface area contributed by atoms with Crippen LogP contribution in [0.1, 0.15) is 0 Å². The summed E-state index contributed by atoms with van der Waals surface area (Å²) < 4.78 is 27.8. The van der Waals surface area contributed by atoms with Gasteiger partial charge in [-0.2, -0.15) is 0 Å². The summed E-state index contributed by atoms with van der Waals surface area (Å²) in [4.78, 5) is 1.72. The molecule has 2 N–H and O–H groups in total. The fourth-order valence-electron chi connectivity index (χ4n) is 1.18. The van der Waals surface area contributed by atoms with Crippen LogP contribution in [0.3, 0.4) is 0 Å². The number of benzene rings is 1. The van der Waals surface area contributed by atoms with Crippen LogP contribution in [0.2, 0.25) is 10.0 Å². The smallest absolute Gasteiger partial charge is 0.239 e. The molecule has 0 fully saturated rings. The summed E-state index contributed by atoms with van der Waals surface area (Å²) in [5.41, 5.74) is 0. The molecule has 0 unspecified atom stereocenters. The number of likely N-dealkylation sites (N-methyl/N-ethyl adjacent to an activating group) is 1. The fraction of sp³-hybridized carbons (Fsp3) is 0.400. The zero-order valence-electron chi connectivity index (χ0n) is 9.98. The second-order valence-electron chi connectivity index (χ2n) is 3.89. The largest absolute Gasteiger partial charge is 0.491 e. The third-order valence-corrected chi connectivity index (χ3v) is 4.04. The van der Waals surface area contributed by atoms with E-state index in [9.17, 15) is 8.42 Å². The van der Waals surface area contributed by atoms with Crippen LogP contribution in [0.25, 0.3) is 0 Å². The normalized spacial score (nSPS) is 11.9. The molecule has 0 aliphatic carbocycles. The molecule has 0 bridgehead atoms. The second kappa shape index (κ2) is 6.08. The minimum absolute atomic E-state index is 0.0435. The van der Waals surface area contributed by atoms with Gasteiger partial charge in [0, 0.05) is 6.54 Å². The van der Waals surface area contributed by atoms with Crippen molar-refractivity contribution in [2.45, 2.75) is 4.90 Å². The number of halogens is 2. The van der Waals surface area contributed by atoms with Crippen LogP contribution in [-0.2, 0) is 10.0 Å². The predicted octanol–water partition coefficient (Wildman–Crippen LogP) is 1.58. The van der Waals surface area contributed by atoms with Crippen molar-refractivity contribution >= 4 is 33.2 Å². The average Bonchev–Trinajstić information content (AvgIpc) is 2.22. The van der Waals surface area contributed by atoms with E-state index in [1.165, 1.54) is 12.1 Å². The highest BCUT2D eigenvalue weighted by Gasteiger charge is 2.18. The Morgan fingerprint density at radius 3 is 2.39 bits per heavy atom. The zero-order chi connectivity index (χ0) is 13.9. The summed E-state index contributed by atoms with van der Waals surface area (Å²) >= 11 is 11.8. The molecular weight excluding hydrogens is 299 g/mol. The summed E-state index contributed by atoms with van der Waals surface area (Å²) in [7, 11) is -0.0773. The lowest BCUT2D eigenvalue weighted by molar-refractivity contribution is 0.261. The summed E-state index contributed by atoms with van der Waals surface area (Å²) in [5.74, 6) is 0.330. The summed E-state index contributed by atoms with van der Waals surface area (Å²) in [6.07, 6.45) is 0. The first-order valence-electron chi connectivity index (χ1n) is 5.02. The van der Waals surface area contributed by atoms with E-state index in [1.54, 1.807) is 0 Å². The highest BCUT2D eigenvalue weighted by molar-refractivity contribution is 7.89. The predicted molar refractivity (Wildman–Crippen MR) is 71.9 cm³/mol. The van der Waals surface area contributed by atoms with Gasteiger partial charge in [-0.05, 0) is 26.2 Å².